The number of nitrogens with zero attached hydrogens (tertiary/aromatic N) is 1. The third kappa shape index (κ3) is 11.9. The second-order valence-corrected chi connectivity index (χ2v) is 9.38. The third-order valence-electron chi connectivity index (χ3n) is 4.66. The molecule has 0 spiro atoms. The highest BCUT2D eigenvalue weighted by atomic mass is 35.5. The van der Waals surface area contributed by atoms with Crippen molar-refractivity contribution >= 4 is 29.6 Å². The number of carbonyl (C=O) groups excluding carboxylic acids is 2. The molecule has 1 fully saturated rings. The summed E-state index contributed by atoms with van der Waals surface area (Å²) in [6, 6.07) is 2.38. The summed E-state index contributed by atoms with van der Waals surface area (Å²) in [5.41, 5.74) is 4.75. The molecule has 2 amide bonds. The third-order valence-corrected chi connectivity index (χ3v) is 4.98. The number of aromatic nitrogens is 1. The Labute approximate surface area is 214 Å². The standard InChI is InChI=1S/C11H21NO4.C6H6N2O.C5H9ClO5/c1-6-7(2)8(9(13)14)12-10(15)16-11(3,4)5;7-6(9)5-2-1-3-8-4-5;6-5(10)4(9)3(8)2(1-7)11-5/h7-8H,6H2,1-5H3,(H,12,15)(H,13,14);1-4H,(H2,7,9);2-4,7-10H,1H2/t7-,8-;;2-,3-,4-,5?/m0.1/s1. The molecule has 1 unspecified atom stereocenters. The fourth-order valence-electron chi connectivity index (χ4n) is 2.54. The lowest BCUT2D eigenvalue weighted by Crippen LogP contribution is -2.46. The van der Waals surface area contributed by atoms with E-state index in [-0.39, 0.29) is 5.92 Å². The predicted octanol–water partition coefficient (Wildman–Crippen LogP) is 0.175. The monoisotopic (exact) mass is 537 g/mol. The molecule has 206 valence electrons. The number of carbonyl (C=O) groups is 3. The first-order valence-corrected chi connectivity index (χ1v) is 11.3. The second kappa shape index (κ2) is 14.9. The highest BCUT2D eigenvalue weighted by Crippen LogP contribution is 2.31. The van der Waals surface area contributed by atoms with Crippen LogP contribution in [0.1, 0.15) is 51.4 Å². The molecular weight excluding hydrogens is 502 g/mol. The van der Waals surface area contributed by atoms with Gasteiger partial charge in [0.2, 0.25) is 5.91 Å². The molecule has 0 saturated carbocycles. The minimum Gasteiger partial charge on any atom is -0.480 e. The van der Waals surface area contributed by atoms with Gasteiger partial charge in [0.1, 0.15) is 23.9 Å². The summed E-state index contributed by atoms with van der Waals surface area (Å²) >= 11 is 5.20. The first-order chi connectivity index (χ1) is 16.5. The van der Waals surface area contributed by atoms with E-state index in [9.17, 15) is 14.4 Å². The number of aliphatic carboxylic acids is 1. The zero-order chi connectivity index (χ0) is 28.3. The van der Waals surface area contributed by atoms with Crippen molar-refractivity contribution in [2.24, 2.45) is 11.7 Å². The van der Waals surface area contributed by atoms with Gasteiger partial charge in [0.05, 0.1) is 12.2 Å². The van der Waals surface area contributed by atoms with Crippen LogP contribution in [-0.2, 0) is 14.3 Å². The molecule has 0 aliphatic carbocycles. The number of hydrogen-bond donors (Lipinski definition) is 7. The Morgan fingerprint density at radius 3 is 2.19 bits per heavy atom. The van der Waals surface area contributed by atoms with Gasteiger partial charge in [-0.15, -0.1) is 0 Å². The Morgan fingerprint density at radius 1 is 1.33 bits per heavy atom. The van der Waals surface area contributed by atoms with E-state index in [1.54, 1.807) is 46.0 Å². The van der Waals surface area contributed by atoms with Gasteiger partial charge in [-0.3, -0.25) is 9.78 Å². The number of nitrogens with one attached hydrogen (secondary N) is 1. The summed E-state index contributed by atoms with van der Waals surface area (Å²) in [6.45, 7) is 8.32. The van der Waals surface area contributed by atoms with Crippen molar-refractivity contribution in [1.29, 1.82) is 0 Å². The molecule has 36 heavy (non-hydrogen) atoms. The van der Waals surface area contributed by atoms with E-state index < -0.39 is 59.8 Å². The van der Waals surface area contributed by atoms with E-state index in [2.05, 4.69) is 15.0 Å². The van der Waals surface area contributed by atoms with E-state index >= 15 is 0 Å². The predicted molar refractivity (Wildman–Crippen MR) is 128 cm³/mol. The number of alkyl halides is 1. The Kier molecular flexibility index (Phi) is 13.8. The molecule has 6 atom stereocenters. The number of amides is 2. The van der Waals surface area contributed by atoms with Crippen LogP contribution in [-0.4, -0.2) is 90.3 Å². The van der Waals surface area contributed by atoms with Crippen LogP contribution in [0.5, 0.6) is 0 Å². The van der Waals surface area contributed by atoms with E-state index in [1.165, 1.54) is 6.20 Å². The van der Waals surface area contributed by atoms with Crippen molar-refractivity contribution < 1.29 is 49.4 Å². The molecular formula is C22H36ClN3O10. The SMILES string of the molecule is CC[C@H](C)[C@H](NC(=O)OC(C)(C)C)C(=O)O.NC(=O)c1cccnc1.OC[C@H]1OC(O)(Cl)[C@H](O)[C@@H]1O. The molecule has 0 radical (unpaired) electrons. The van der Waals surface area contributed by atoms with Crippen LogP contribution in [0.15, 0.2) is 24.5 Å². The lowest BCUT2D eigenvalue weighted by atomic mass is 10.00. The summed E-state index contributed by atoms with van der Waals surface area (Å²) in [4.78, 5) is 36.4. The summed E-state index contributed by atoms with van der Waals surface area (Å²) < 4.78 is 9.49. The largest absolute Gasteiger partial charge is 0.480 e. The molecule has 1 aliphatic heterocycles. The lowest BCUT2D eigenvalue weighted by Gasteiger charge is -2.24. The Bertz CT molecular complexity index is 835. The maximum absolute atomic E-state index is 11.4. The van der Waals surface area contributed by atoms with E-state index in [0.717, 1.165) is 0 Å². The molecule has 8 N–H and O–H groups in total. The number of pyridine rings is 1. The van der Waals surface area contributed by atoms with Crippen LogP contribution in [0, 0.1) is 5.92 Å². The number of primary amides is 1. The number of ether oxygens (including phenoxy) is 2. The number of aliphatic hydroxyl groups is 4. The molecule has 1 saturated heterocycles. The normalized spacial score (nSPS) is 24.7. The Balaban J connectivity index is 0.000000533. The first-order valence-electron chi connectivity index (χ1n) is 10.9. The van der Waals surface area contributed by atoms with Gasteiger partial charge in [0.15, 0.2) is 6.10 Å². The Morgan fingerprint density at radius 2 is 1.92 bits per heavy atom. The van der Waals surface area contributed by atoms with Gasteiger partial charge in [-0.1, -0.05) is 31.9 Å². The fourth-order valence-corrected chi connectivity index (χ4v) is 2.78. The molecule has 1 aliphatic rings. The highest BCUT2D eigenvalue weighted by Gasteiger charge is 2.52. The molecule has 1 aromatic heterocycles. The molecule has 0 bridgehead atoms. The number of alkyl carbamates (subject to hydrolysis) is 1. The Hall–Kier alpha value is -2.55. The maximum atomic E-state index is 11.4. The number of nitrogens with two attached hydrogens (primary N) is 1. The van der Waals surface area contributed by atoms with Crippen molar-refractivity contribution in [2.45, 2.75) is 76.2 Å². The number of halogens is 1. The minimum atomic E-state index is -2.28. The number of rotatable bonds is 6. The molecule has 13 nitrogen and oxygen atoms in total. The van der Waals surface area contributed by atoms with Gasteiger partial charge in [-0.25, -0.2) is 9.59 Å². The zero-order valence-electron chi connectivity index (χ0n) is 20.8. The first kappa shape index (κ1) is 33.4. The van der Waals surface area contributed by atoms with Crippen molar-refractivity contribution in [3.8, 4) is 0 Å². The van der Waals surface area contributed by atoms with E-state index in [4.69, 9.17) is 47.6 Å². The summed E-state index contributed by atoms with van der Waals surface area (Å²) in [6.07, 6.45) is -0.988. The molecule has 14 heteroatoms. The van der Waals surface area contributed by atoms with Crippen LogP contribution < -0.4 is 11.1 Å². The van der Waals surface area contributed by atoms with E-state index in [1.807, 2.05) is 6.92 Å². The number of aliphatic hydroxyl groups excluding tert-OH is 3. The summed E-state index contributed by atoms with van der Waals surface area (Å²) in [7, 11) is 0. The van der Waals surface area contributed by atoms with Crippen LogP contribution in [0.3, 0.4) is 0 Å². The van der Waals surface area contributed by atoms with Crippen LogP contribution in [0.25, 0.3) is 0 Å². The minimum absolute atomic E-state index is 0.134. The van der Waals surface area contributed by atoms with Crippen molar-refractivity contribution in [3.63, 3.8) is 0 Å². The molecule has 2 rings (SSSR count). The summed E-state index contributed by atoms with van der Waals surface area (Å²) in [5, 5.41) is 44.5. The number of carboxylic acids is 1. The van der Waals surface area contributed by atoms with Crippen molar-refractivity contribution in [1.82, 2.24) is 10.3 Å². The van der Waals surface area contributed by atoms with Crippen LogP contribution >= 0.6 is 11.6 Å². The van der Waals surface area contributed by atoms with Crippen molar-refractivity contribution in [2.75, 3.05) is 6.61 Å². The van der Waals surface area contributed by atoms with E-state index in [0.29, 0.717) is 12.0 Å². The number of hydrogen-bond acceptors (Lipinski definition) is 10. The van der Waals surface area contributed by atoms with Gasteiger partial charge in [0.25, 0.3) is 5.25 Å². The second-order valence-electron chi connectivity index (χ2n) is 8.84. The van der Waals surface area contributed by atoms with Gasteiger partial charge < -0.3 is 46.1 Å². The molecule has 1 aromatic rings. The zero-order valence-corrected chi connectivity index (χ0v) is 21.5. The van der Waals surface area contributed by atoms with Gasteiger partial charge in [-0.2, -0.15) is 0 Å². The summed E-state index contributed by atoms with van der Waals surface area (Å²) in [5.74, 6) is -1.62. The average Bonchev–Trinajstić information content (AvgIpc) is 2.99. The highest BCUT2D eigenvalue weighted by molar-refractivity contribution is 6.22. The van der Waals surface area contributed by atoms with Crippen LogP contribution in [0.4, 0.5) is 4.79 Å². The van der Waals surface area contributed by atoms with Gasteiger partial charge in [0, 0.05) is 12.4 Å². The average molecular weight is 538 g/mol. The van der Waals surface area contributed by atoms with Gasteiger partial charge in [-0.05, 0) is 38.8 Å². The fraction of sp³-hybridized carbons (Fsp3) is 0.636. The molecule has 0 aromatic carbocycles. The van der Waals surface area contributed by atoms with Crippen molar-refractivity contribution in [3.05, 3.63) is 30.1 Å². The van der Waals surface area contributed by atoms with Crippen LogP contribution in [0.2, 0.25) is 0 Å². The smallest absolute Gasteiger partial charge is 0.408 e. The maximum Gasteiger partial charge on any atom is 0.408 e. The number of carboxylic acid groups (broad SMARTS) is 1. The molecule has 2 heterocycles. The quantitative estimate of drug-likeness (QED) is 0.242. The topological polar surface area (TPSA) is 222 Å². The lowest BCUT2D eigenvalue weighted by molar-refractivity contribution is -0.169. The van der Waals surface area contributed by atoms with Gasteiger partial charge >= 0.3 is 12.1 Å².